The van der Waals surface area contributed by atoms with Crippen molar-refractivity contribution in [3.05, 3.63) is 24.0 Å². The smallest absolute Gasteiger partial charge is 0.258 e. The number of methoxy groups -OCH3 is 2. The van der Waals surface area contributed by atoms with Gasteiger partial charge in [0.2, 0.25) is 0 Å². The van der Waals surface area contributed by atoms with Crippen molar-refractivity contribution < 1.29 is 14.0 Å². The van der Waals surface area contributed by atoms with Gasteiger partial charge in [-0.05, 0) is 24.6 Å². The lowest BCUT2D eigenvalue weighted by molar-refractivity contribution is 0.355. The minimum absolute atomic E-state index is 0.238. The summed E-state index contributed by atoms with van der Waals surface area (Å²) >= 11 is 6.07. The lowest BCUT2D eigenvalue weighted by atomic mass is 10.2. The number of rotatable bonds is 5. The van der Waals surface area contributed by atoms with Gasteiger partial charge in [0, 0.05) is 5.56 Å². The molecule has 0 N–H and O–H groups in total. The Kier molecular flexibility index (Phi) is 4.27. The van der Waals surface area contributed by atoms with Crippen LogP contribution < -0.4 is 9.47 Å². The molecule has 2 aromatic rings. The first-order valence-electron chi connectivity index (χ1n) is 5.89. The van der Waals surface area contributed by atoms with E-state index >= 15 is 0 Å². The Morgan fingerprint density at radius 2 is 2.00 bits per heavy atom. The zero-order chi connectivity index (χ0) is 13.8. The van der Waals surface area contributed by atoms with Gasteiger partial charge in [0.05, 0.1) is 19.6 Å². The van der Waals surface area contributed by atoms with Gasteiger partial charge in [-0.3, -0.25) is 0 Å². The Hall–Kier alpha value is -1.75. The number of alkyl halides is 1. The molecule has 2 rings (SSSR count). The van der Waals surface area contributed by atoms with E-state index in [4.69, 9.17) is 25.6 Å². The molecule has 0 spiro atoms. The van der Waals surface area contributed by atoms with Gasteiger partial charge in [-0.15, -0.1) is 11.6 Å². The molecule has 0 saturated heterocycles. The van der Waals surface area contributed by atoms with E-state index in [9.17, 15) is 0 Å². The predicted molar refractivity (Wildman–Crippen MR) is 71.7 cm³/mol. The quantitative estimate of drug-likeness (QED) is 0.786. The summed E-state index contributed by atoms with van der Waals surface area (Å²) in [5.74, 6) is 2.16. The Bertz CT molecular complexity index is 557. The molecule has 0 bridgehead atoms. The SMILES string of the molecule is CCC(Cl)c1noc(-c2ccc(OC)c(OC)c2)n1. The van der Waals surface area contributed by atoms with Crippen LogP contribution >= 0.6 is 11.6 Å². The number of aromatic nitrogens is 2. The highest BCUT2D eigenvalue weighted by molar-refractivity contribution is 6.20. The standard InChI is InChI=1S/C13H15ClN2O3/c1-4-9(14)12-15-13(19-16-12)8-5-6-10(17-2)11(7-8)18-3/h5-7,9H,4H2,1-3H3. The van der Waals surface area contributed by atoms with E-state index in [1.165, 1.54) is 0 Å². The summed E-state index contributed by atoms with van der Waals surface area (Å²) in [7, 11) is 3.16. The molecule has 0 aliphatic heterocycles. The van der Waals surface area contributed by atoms with Crippen LogP contribution in [0.3, 0.4) is 0 Å². The van der Waals surface area contributed by atoms with E-state index < -0.39 is 0 Å². The summed E-state index contributed by atoms with van der Waals surface area (Å²) in [5.41, 5.74) is 0.761. The van der Waals surface area contributed by atoms with Gasteiger partial charge in [-0.25, -0.2) is 0 Å². The number of halogens is 1. The highest BCUT2D eigenvalue weighted by atomic mass is 35.5. The lowest BCUT2D eigenvalue weighted by Crippen LogP contribution is -1.92. The van der Waals surface area contributed by atoms with Crippen LogP contribution in [0.5, 0.6) is 11.5 Å². The molecule has 1 aromatic heterocycles. The van der Waals surface area contributed by atoms with E-state index in [0.717, 1.165) is 12.0 Å². The zero-order valence-corrected chi connectivity index (χ0v) is 11.8. The minimum Gasteiger partial charge on any atom is -0.493 e. The third-order valence-electron chi connectivity index (χ3n) is 2.71. The average molecular weight is 283 g/mol. The van der Waals surface area contributed by atoms with Gasteiger partial charge in [0.15, 0.2) is 17.3 Å². The molecule has 1 heterocycles. The molecule has 19 heavy (non-hydrogen) atoms. The number of nitrogens with zero attached hydrogens (tertiary/aromatic N) is 2. The van der Waals surface area contributed by atoms with Crippen LogP contribution in [0.1, 0.15) is 24.5 Å². The van der Waals surface area contributed by atoms with Gasteiger partial charge >= 0.3 is 0 Å². The summed E-state index contributed by atoms with van der Waals surface area (Å²) in [6, 6.07) is 5.40. The zero-order valence-electron chi connectivity index (χ0n) is 11.0. The molecule has 0 fully saturated rings. The van der Waals surface area contributed by atoms with E-state index in [1.54, 1.807) is 26.4 Å². The fourth-order valence-electron chi connectivity index (χ4n) is 1.63. The largest absolute Gasteiger partial charge is 0.493 e. The van der Waals surface area contributed by atoms with Crippen LogP contribution in [0.2, 0.25) is 0 Å². The number of benzene rings is 1. The maximum atomic E-state index is 6.07. The van der Waals surface area contributed by atoms with Crippen LogP contribution in [0.25, 0.3) is 11.5 Å². The first-order valence-corrected chi connectivity index (χ1v) is 6.33. The topological polar surface area (TPSA) is 57.4 Å². The molecule has 0 radical (unpaired) electrons. The molecule has 1 aromatic carbocycles. The van der Waals surface area contributed by atoms with Crippen molar-refractivity contribution >= 4 is 11.6 Å². The van der Waals surface area contributed by atoms with E-state index in [2.05, 4.69) is 10.1 Å². The van der Waals surface area contributed by atoms with Crippen LogP contribution in [0.4, 0.5) is 0 Å². The van der Waals surface area contributed by atoms with Crippen LogP contribution in [-0.2, 0) is 0 Å². The third-order valence-corrected chi connectivity index (χ3v) is 3.21. The summed E-state index contributed by atoms with van der Waals surface area (Å²) in [6.45, 7) is 1.96. The summed E-state index contributed by atoms with van der Waals surface area (Å²) in [5, 5.41) is 3.63. The van der Waals surface area contributed by atoms with E-state index in [1.807, 2.05) is 13.0 Å². The van der Waals surface area contributed by atoms with Crippen LogP contribution in [-0.4, -0.2) is 24.4 Å². The third kappa shape index (κ3) is 2.81. The number of hydrogen-bond acceptors (Lipinski definition) is 5. The Morgan fingerprint density at radius 3 is 2.63 bits per heavy atom. The van der Waals surface area contributed by atoms with E-state index in [0.29, 0.717) is 23.2 Å². The molecule has 0 saturated carbocycles. The molecule has 5 nitrogen and oxygen atoms in total. The fourth-order valence-corrected chi connectivity index (χ4v) is 1.72. The highest BCUT2D eigenvalue weighted by Crippen LogP contribution is 2.32. The van der Waals surface area contributed by atoms with Gasteiger partial charge < -0.3 is 14.0 Å². The van der Waals surface area contributed by atoms with Crippen molar-refractivity contribution in [1.29, 1.82) is 0 Å². The van der Waals surface area contributed by atoms with Gasteiger partial charge in [-0.2, -0.15) is 4.98 Å². The Morgan fingerprint density at radius 1 is 1.26 bits per heavy atom. The summed E-state index contributed by atoms with van der Waals surface area (Å²) < 4.78 is 15.6. The molecule has 0 aliphatic rings. The molecular formula is C13H15ClN2O3. The molecule has 0 amide bonds. The lowest BCUT2D eigenvalue weighted by Gasteiger charge is -2.07. The van der Waals surface area contributed by atoms with Crippen LogP contribution in [0, 0.1) is 0 Å². The first kappa shape index (κ1) is 13.7. The maximum absolute atomic E-state index is 6.07. The minimum atomic E-state index is -0.238. The number of hydrogen-bond donors (Lipinski definition) is 0. The summed E-state index contributed by atoms with van der Waals surface area (Å²) in [6.07, 6.45) is 0.743. The molecule has 1 atom stereocenters. The fraction of sp³-hybridized carbons (Fsp3) is 0.385. The normalized spacial score (nSPS) is 12.2. The average Bonchev–Trinajstić information content (AvgIpc) is 2.95. The van der Waals surface area contributed by atoms with Gasteiger partial charge in [-0.1, -0.05) is 12.1 Å². The van der Waals surface area contributed by atoms with Gasteiger partial charge in [0.1, 0.15) is 0 Å². The number of ether oxygens (including phenoxy) is 2. The Labute approximate surface area is 116 Å². The second-order valence-corrected chi connectivity index (χ2v) is 4.43. The van der Waals surface area contributed by atoms with E-state index in [-0.39, 0.29) is 5.38 Å². The highest BCUT2D eigenvalue weighted by Gasteiger charge is 2.16. The Balaban J connectivity index is 2.34. The van der Waals surface area contributed by atoms with Crippen molar-refractivity contribution in [1.82, 2.24) is 10.1 Å². The molecule has 6 heteroatoms. The van der Waals surface area contributed by atoms with Crippen molar-refractivity contribution in [2.75, 3.05) is 14.2 Å². The van der Waals surface area contributed by atoms with Crippen molar-refractivity contribution in [3.63, 3.8) is 0 Å². The molecular weight excluding hydrogens is 268 g/mol. The van der Waals surface area contributed by atoms with Gasteiger partial charge in [0.25, 0.3) is 5.89 Å². The predicted octanol–water partition coefficient (Wildman–Crippen LogP) is 3.44. The molecule has 102 valence electrons. The molecule has 0 aliphatic carbocycles. The summed E-state index contributed by atoms with van der Waals surface area (Å²) in [4.78, 5) is 4.28. The van der Waals surface area contributed by atoms with Crippen molar-refractivity contribution in [2.24, 2.45) is 0 Å². The van der Waals surface area contributed by atoms with Crippen LogP contribution in [0.15, 0.2) is 22.7 Å². The van der Waals surface area contributed by atoms with Crippen molar-refractivity contribution in [2.45, 2.75) is 18.7 Å². The second-order valence-electron chi connectivity index (χ2n) is 3.90. The second kappa shape index (κ2) is 5.93. The monoisotopic (exact) mass is 282 g/mol. The van der Waals surface area contributed by atoms with Crippen molar-refractivity contribution in [3.8, 4) is 23.0 Å². The molecule has 1 unspecified atom stereocenters. The first-order chi connectivity index (χ1) is 9.19. The maximum Gasteiger partial charge on any atom is 0.258 e.